The number of piperidine rings is 1. The first kappa shape index (κ1) is 13.8. The standard InChI is InChI=1S/C13H24N2O3/c16-6-8-18-7-5-15-4-2-1-3-12(15)11-9-13(17)14-10-11/h11-12,16H,1-10H2,(H,14,17). The summed E-state index contributed by atoms with van der Waals surface area (Å²) >= 11 is 0. The molecule has 0 aromatic carbocycles. The lowest BCUT2D eigenvalue weighted by molar-refractivity contribution is -0.119. The Balaban J connectivity index is 1.79. The second-order valence-electron chi connectivity index (χ2n) is 5.20. The van der Waals surface area contributed by atoms with Crippen LogP contribution in [0.15, 0.2) is 0 Å². The van der Waals surface area contributed by atoms with Crippen LogP contribution in [0.4, 0.5) is 0 Å². The summed E-state index contributed by atoms with van der Waals surface area (Å²) in [4.78, 5) is 13.8. The summed E-state index contributed by atoms with van der Waals surface area (Å²) in [6.07, 6.45) is 4.38. The number of nitrogens with zero attached hydrogens (tertiary/aromatic N) is 1. The van der Waals surface area contributed by atoms with Gasteiger partial charge in [-0.15, -0.1) is 0 Å². The van der Waals surface area contributed by atoms with Gasteiger partial charge < -0.3 is 15.2 Å². The van der Waals surface area contributed by atoms with Gasteiger partial charge in [0.2, 0.25) is 5.91 Å². The minimum atomic E-state index is 0.0878. The zero-order valence-corrected chi connectivity index (χ0v) is 10.9. The Morgan fingerprint density at radius 1 is 1.39 bits per heavy atom. The average molecular weight is 256 g/mol. The molecule has 104 valence electrons. The maximum Gasteiger partial charge on any atom is 0.220 e. The van der Waals surface area contributed by atoms with E-state index in [-0.39, 0.29) is 12.5 Å². The van der Waals surface area contributed by atoms with Crippen LogP contribution in [-0.4, -0.2) is 61.4 Å². The lowest BCUT2D eigenvalue weighted by Gasteiger charge is -2.38. The zero-order chi connectivity index (χ0) is 12.8. The predicted molar refractivity (Wildman–Crippen MR) is 68.2 cm³/mol. The van der Waals surface area contributed by atoms with Crippen molar-refractivity contribution in [1.82, 2.24) is 10.2 Å². The molecule has 18 heavy (non-hydrogen) atoms. The highest BCUT2D eigenvalue weighted by atomic mass is 16.5. The molecule has 2 atom stereocenters. The number of aliphatic hydroxyl groups is 1. The summed E-state index contributed by atoms with van der Waals surface area (Å²) in [5, 5.41) is 11.6. The molecular formula is C13H24N2O3. The first-order chi connectivity index (χ1) is 8.81. The van der Waals surface area contributed by atoms with Crippen LogP contribution in [0.25, 0.3) is 0 Å². The van der Waals surface area contributed by atoms with Gasteiger partial charge >= 0.3 is 0 Å². The fourth-order valence-corrected chi connectivity index (χ4v) is 3.08. The molecule has 0 aromatic heterocycles. The Kier molecular flexibility index (Phi) is 5.41. The molecule has 0 aromatic rings. The number of aliphatic hydroxyl groups excluding tert-OH is 1. The molecule has 2 aliphatic heterocycles. The van der Waals surface area contributed by atoms with E-state index < -0.39 is 0 Å². The van der Waals surface area contributed by atoms with Gasteiger partial charge in [-0.2, -0.15) is 0 Å². The van der Waals surface area contributed by atoms with Crippen molar-refractivity contribution >= 4 is 5.91 Å². The van der Waals surface area contributed by atoms with Crippen LogP contribution in [-0.2, 0) is 9.53 Å². The summed E-state index contributed by atoms with van der Waals surface area (Å²) in [6, 6.07) is 0.524. The summed E-state index contributed by atoms with van der Waals surface area (Å²) in [6.45, 7) is 4.03. The molecule has 0 radical (unpaired) electrons. The third-order valence-electron chi connectivity index (χ3n) is 3.98. The molecule has 2 heterocycles. The molecule has 0 bridgehead atoms. The number of amides is 1. The van der Waals surface area contributed by atoms with E-state index in [2.05, 4.69) is 10.2 Å². The molecule has 2 aliphatic rings. The van der Waals surface area contributed by atoms with E-state index in [1.807, 2.05) is 0 Å². The van der Waals surface area contributed by atoms with Crippen LogP contribution in [0.2, 0.25) is 0 Å². The van der Waals surface area contributed by atoms with Crippen LogP contribution in [0.3, 0.4) is 0 Å². The monoisotopic (exact) mass is 256 g/mol. The van der Waals surface area contributed by atoms with E-state index in [1.54, 1.807) is 0 Å². The third-order valence-corrected chi connectivity index (χ3v) is 3.98. The Morgan fingerprint density at radius 3 is 3.00 bits per heavy atom. The third kappa shape index (κ3) is 3.67. The maximum absolute atomic E-state index is 11.3. The van der Waals surface area contributed by atoms with Crippen LogP contribution in [0, 0.1) is 5.92 Å². The fourth-order valence-electron chi connectivity index (χ4n) is 3.08. The Labute approximate surface area is 108 Å². The topological polar surface area (TPSA) is 61.8 Å². The van der Waals surface area contributed by atoms with Crippen molar-refractivity contribution in [3.8, 4) is 0 Å². The number of carbonyl (C=O) groups excluding carboxylic acids is 1. The number of nitrogens with one attached hydrogen (secondary N) is 1. The molecule has 5 heteroatoms. The predicted octanol–water partition coefficient (Wildman–Crippen LogP) is -0.0141. The number of hydrogen-bond donors (Lipinski definition) is 2. The lowest BCUT2D eigenvalue weighted by Crippen LogP contribution is -2.46. The minimum absolute atomic E-state index is 0.0878. The van der Waals surface area contributed by atoms with Crippen molar-refractivity contribution < 1.29 is 14.6 Å². The van der Waals surface area contributed by atoms with Gasteiger partial charge in [-0.3, -0.25) is 9.69 Å². The summed E-state index contributed by atoms with van der Waals surface area (Å²) in [7, 11) is 0. The normalized spacial score (nSPS) is 29.5. The van der Waals surface area contributed by atoms with E-state index in [0.29, 0.717) is 31.6 Å². The van der Waals surface area contributed by atoms with Crippen LogP contribution < -0.4 is 5.32 Å². The molecule has 2 N–H and O–H groups in total. The molecule has 2 fully saturated rings. The maximum atomic E-state index is 11.3. The number of ether oxygens (including phenoxy) is 1. The molecule has 2 rings (SSSR count). The van der Waals surface area contributed by atoms with Crippen molar-refractivity contribution in [1.29, 1.82) is 0 Å². The van der Waals surface area contributed by atoms with E-state index in [1.165, 1.54) is 19.3 Å². The van der Waals surface area contributed by atoms with Crippen molar-refractivity contribution in [3.05, 3.63) is 0 Å². The first-order valence-electron chi connectivity index (χ1n) is 7.00. The van der Waals surface area contributed by atoms with Crippen molar-refractivity contribution in [2.24, 2.45) is 5.92 Å². The van der Waals surface area contributed by atoms with Crippen LogP contribution in [0.1, 0.15) is 25.7 Å². The van der Waals surface area contributed by atoms with Gasteiger partial charge in [-0.05, 0) is 19.4 Å². The van der Waals surface area contributed by atoms with Crippen molar-refractivity contribution in [2.75, 3.05) is 39.5 Å². The van der Waals surface area contributed by atoms with E-state index in [4.69, 9.17) is 9.84 Å². The SMILES string of the molecule is O=C1CC(C2CCCCN2CCOCCO)CN1. The summed E-state index contributed by atoms with van der Waals surface area (Å²) in [5.74, 6) is 0.665. The van der Waals surface area contributed by atoms with E-state index in [9.17, 15) is 4.79 Å². The quantitative estimate of drug-likeness (QED) is 0.656. The Bertz CT molecular complexity index is 273. The van der Waals surface area contributed by atoms with E-state index >= 15 is 0 Å². The van der Waals surface area contributed by atoms with Gasteiger partial charge in [-0.25, -0.2) is 0 Å². The van der Waals surface area contributed by atoms with Crippen molar-refractivity contribution in [3.63, 3.8) is 0 Å². The molecule has 0 saturated carbocycles. The van der Waals surface area contributed by atoms with E-state index in [0.717, 1.165) is 19.6 Å². The molecule has 0 aliphatic carbocycles. The van der Waals surface area contributed by atoms with Gasteiger partial charge in [0.25, 0.3) is 0 Å². The van der Waals surface area contributed by atoms with Crippen LogP contribution >= 0.6 is 0 Å². The highest BCUT2D eigenvalue weighted by molar-refractivity contribution is 5.78. The van der Waals surface area contributed by atoms with Gasteiger partial charge in [0.05, 0.1) is 19.8 Å². The average Bonchev–Trinajstić information content (AvgIpc) is 2.82. The van der Waals surface area contributed by atoms with Crippen LogP contribution in [0.5, 0.6) is 0 Å². The number of rotatable bonds is 6. The smallest absolute Gasteiger partial charge is 0.220 e. The largest absolute Gasteiger partial charge is 0.394 e. The number of hydrogen-bond acceptors (Lipinski definition) is 4. The van der Waals surface area contributed by atoms with Gasteiger partial charge in [0.15, 0.2) is 0 Å². The highest BCUT2D eigenvalue weighted by Gasteiger charge is 2.34. The zero-order valence-electron chi connectivity index (χ0n) is 10.9. The number of carbonyl (C=O) groups is 1. The lowest BCUT2D eigenvalue weighted by atomic mass is 9.89. The Morgan fingerprint density at radius 2 is 2.28 bits per heavy atom. The molecule has 2 saturated heterocycles. The number of likely N-dealkylation sites (tertiary alicyclic amines) is 1. The first-order valence-corrected chi connectivity index (χ1v) is 7.00. The van der Waals surface area contributed by atoms with Gasteiger partial charge in [-0.1, -0.05) is 6.42 Å². The second-order valence-corrected chi connectivity index (χ2v) is 5.20. The van der Waals surface area contributed by atoms with Gasteiger partial charge in [0, 0.05) is 31.5 Å². The minimum Gasteiger partial charge on any atom is -0.394 e. The highest BCUT2D eigenvalue weighted by Crippen LogP contribution is 2.27. The summed E-state index contributed by atoms with van der Waals surface area (Å²) < 4.78 is 5.34. The molecule has 5 nitrogen and oxygen atoms in total. The second kappa shape index (κ2) is 7.07. The molecular weight excluding hydrogens is 232 g/mol. The Hall–Kier alpha value is -0.650. The van der Waals surface area contributed by atoms with Gasteiger partial charge in [0.1, 0.15) is 0 Å². The fraction of sp³-hybridized carbons (Fsp3) is 0.923. The summed E-state index contributed by atoms with van der Waals surface area (Å²) in [5.41, 5.74) is 0. The van der Waals surface area contributed by atoms with Crippen molar-refractivity contribution in [2.45, 2.75) is 31.7 Å². The molecule has 2 unspecified atom stereocenters. The molecule has 1 amide bonds. The molecule has 0 spiro atoms.